The van der Waals surface area contributed by atoms with Gasteiger partial charge in [-0.2, -0.15) is 0 Å². The van der Waals surface area contributed by atoms with Crippen LogP contribution in [0.4, 0.5) is 4.79 Å². The zero-order valence-electron chi connectivity index (χ0n) is 27.9. The van der Waals surface area contributed by atoms with Crippen LogP contribution in [-0.4, -0.2) is 52.8 Å². The molecule has 0 aliphatic rings. The van der Waals surface area contributed by atoms with Crippen molar-refractivity contribution in [3.63, 3.8) is 0 Å². The highest BCUT2D eigenvalue weighted by atomic mass is 28.4. The average molecular weight is 596 g/mol. The number of amides is 1. The maximum atomic E-state index is 11.6. The number of allylic oxidation sites excluding steroid dienone is 3. The summed E-state index contributed by atoms with van der Waals surface area (Å²) < 4.78 is 18.2. The van der Waals surface area contributed by atoms with Gasteiger partial charge in [0.25, 0.3) is 0 Å². The van der Waals surface area contributed by atoms with Gasteiger partial charge in [-0.3, -0.25) is 0 Å². The van der Waals surface area contributed by atoms with Crippen molar-refractivity contribution in [1.29, 1.82) is 0 Å². The number of aliphatic hydroxyl groups is 1. The van der Waals surface area contributed by atoms with Gasteiger partial charge in [-0.15, -0.1) is 6.58 Å². The molecule has 232 valence electrons. The molecule has 4 atom stereocenters. The molecule has 3 N–H and O–H groups in total. The summed E-state index contributed by atoms with van der Waals surface area (Å²) in [5.74, 6) is 0.0267. The van der Waals surface area contributed by atoms with E-state index < -0.39 is 41.0 Å². The van der Waals surface area contributed by atoms with Crippen LogP contribution in [0.5, 0.6) is 0 Å². The predicted octanol–water partition coefficient (Wildman–Crippen LogP) is 8.66. The average Bonchev–Trinajstić information content (AvgIpc) is 2.78. The Balaban J connectivity index is 5.05. The summed E-state index contributed by atoms with van der Waals surface area (Å²) in [6.45, 7) is 32.7. The second-order valence-electron chi connectivity index (χ2n) is 14.3. The van der Waals surface area contributed by atoms with Gasteiger partial charge in [0, 0.05) is 5.92 Å². The Hall–Kier alpha value is -1.46. The fourth-order valence-electron chi connectivity index (χ4n) is 3.52. The molecule has 0 radical (unpaired) electrons. The smallest absolute Gasteiger partial charge is 0.404 e. The molecule has 0 aromatic carbocycles. The van der Waals surface area contributed by atoms with Crippen LogP contribution in [0.3, 0.4) is 0 Å². The van der Waals surface area contributed by atoms with Crippen LogP contribution in [0.1, 0.15) is 81.6 Å². The lowest BCUT2D eigenvalue weighted by Gasteiger charge is -2.40. The van der Waals surface area contributed by atoms with Gasteiger partial charge in [0.2, 0.25) is 0 Å². The number of rotatable bonds is 16. The number of aliphatic hydroxyl groups excluding tert-OH is 1. The molecule has 0 saturated carbocycles. The summed E-state index contributed by atoms with van der Waals surface area (Å²) in [5.41, 5.74) is 7.60. The van der Waals surface area contributed by atoms with Crippen LogP contribution in [0, 0.1) is 5.92 Å². The Labute approximate surface area is 248 Å². The minimum atomic E-state index is -2.09. The summed E-state index contributed by atoms with van der Waals surface area (Å²) in [7, 11) is -3.89. The van der Waals surface area contributed by atoms with Gasteiger partial charge >= 0.3 is 6.09 Å². The van der Waals surface area contributed by atoms with E-state index in [1.807, 2.05) is 32.1 Å². The first-order chi connectivity index (χ1) is 18.0. The van der Waals surface area contributed by atoms with Gasteiger partial charge in [0.1, 0.15) is 12.2 Å². The lowest BCUT2D eigenvalue weighted by Crippen LogP contribution is -2.47. The van der Waals surface area contributed by atoms with Crippen molar-refractivity contribution in [3.8, 4) is 0 Å². The molecule has 1 amide bonds. The van der Waals surface area contributed by atoms with E-state index in [1.54, 1.807) is 6.08 Å². The molecule has 0 saturated heterocycles. The SMILES string of the molecule is C=C[C@H](O[Si](C)(C)C(C)(C)C)[C@H](CC/C=C/C=C(\C)C[C@@H](O)[C@H](C)/C=C(\C)CO[Si](C)(C)C(C)(C)C)OC(N)=O. The molecule has 0 aromatic rings. The molecule has 0 aromatic heterocycles. The first-order valence-corrected chi connectivity index (χ1v) is 20.4. The Morgan fingerprint density at radius 1 is 1.00 bits per heavy atom. The van der Waals surface area contributed by atoms with Crippen molar-refractivity contribution in [1.82, 2.24) is 0 Å². The van der Waals surface area contributed by atoms with Crippen molar-refractivity contribution in [2.75, 3.05) is 6.61 Å². The van der Waals surface area contributed by atoms with E-state index in [4.69, 9.17) is 19.3 Å². The van der Waals surface area contributed by atoms with E-state index >= 15 is 0 Å². The topological polar surface area (TPSA) is 91.0 Å². The van der Waals surface area contributed by atoms with E-state index in [0.29, 0.717) is 25.9 Å². The van der Waals surface area contributed by atoms with E-state index in [2.05, 4.69) is 87.3 Å². The molecule has 8 heteroatoms. The molecular formula is C32H61NO5Si2. The molecule has 0 rings (SSSR count). The summed E-state index contributed by atoms with van der Waals surface area (Å²) in [6.07, 6.45) is 9.51. The molecule has 0 fully saturated rings. The Morgan fingerprint density at radius 2 is 1.55 bits per heavy atom. The lowest BCUT2D eigenvalue weighted by atomic mass is 9.96. The van der Waals surface area contributed by atoms with Gasteiger partial charge in [-0.25, -0.2) is 4.79 Å². The van der Waals surface area contributed by atoms with Crippen LogP contribution in [0.15, 0.2) is 48.1 Å². The van der Waals surface area contributed by atoms with Crippen molar-refractivity contribution in [2.24, 2.45) is 11.7 Å². The minimum absolute atomic E-state index is 0.0167. The summed E-state index contributed by atoms with van der Waals surface area (Å²) >= 11 is 0. The normalized spacial score (nSPS) is 17.4. The maximum Gasteiger partial charge on any atom is 0.404 e. The van der Waals surface area contributed by atoms with E-state index in [-0.39, 0.29) is 16.0 Å². The maximum absolute atomic E-state index is 11.6. The van der Waals surface area contributed by atoms with Crippen molar-refractivity contribution >= 4 is 22.7 Å². The first-order valence-electron chi connectivity index (χ1n) is 14.6. The number of nitrogens with two attached hydrogens (primary N) is 1. The predicted molar refractivity (Wildman–Crippen MR) is 176 cm³/mol. The lowest BCUT2D eigenvalue weighted by molar-refractivity contribution is 0.0311. The third-order valence-electron chi connectivity index (χ3n) is 8.39. The third-order valence-corrected chi connectivity index (χ3v) is 17.3. The van der Waals surface area contributed by atoms with Gasteiger partial charge in [-0.1, -0.05) is 90.0 Å². The Morgan fingerprint density at radius 3 is 2.02 bits per heavy atom. The zero-order chi connectivity index (χ0) is 31.5. The minimum Gasteiger partial charge on any atom is -0.443 e. The molecule has 0 unspecified atom stereocenters. The van der Waals surface area contributed by atoms with Gasteiger partial charge in [0.15, 0.2) is 16.6 Å². The third kappa shape index (κ3) is 13.9. The summed E-state index contributed by atoms with van der Waals surface area (Å²) in [5, 5.41) is 11.0. The van der Waals surface area contributed by atoms with Crippen molar-refractivity contribution < 1.29 is 23.5 Å². The number of ether oxygens (including phenoxy) is 1. The van der Waals surface area contributed by atoms with Crippen LogP contribution in [0.25, 0.3) is 0 Å². The van der Waals surface area contributed by atoms with Crippen LogP contribution < -0.4 is 5.73 Å². The number of primary amides is 1. The van der Waals surface area contributed by atoms with Crippen LogP contribution >= 0.6 is 0 Å². The summed E-state index contributed by atoms with van der Waals surface area (Å²) in [6, 6.07) is 0. The molecule has 0 bridgehead atoms. The standard InChI is InChI=1S/C32H61NO5Si2/c1-15-28(38-40(13,14)32(8,9)10)29(37-30(33)35)20-18-16-17-19-24(2)22-27(34)26(4)21-25(3)23-36-39(11,12)31(5,6)7/h15-17,19,21,26-29,34H,1,18,20,22-23H2,2-14H3,(H2,33,35)/b17-16+,24-19+,25-21+/t26-,27-,28+,29+/m1/s1. The monoisotopic (exact) mass is 595 g/mol. The van der Waals surface area contributed by atoms with Gasteiger partial charge < -0.3 is 24.4 Å². The molecule has 0 spiro atoms. The molecule has 6 nitrogen and oxygen atoms in total. The van der Waals surface area contributed by atoms with Crippen molar-refractivity contribution in [2.45, 2.75) is 136 Å². The number of carbonyl (C=O) groups excluding carboxylic acids is 1. The number of hydrogen-bond donors (Lipinski definition) is 2. The number of carbonyl (C=O) groups is 1. The number of hydrogen-bond acceptors (Lipinski definition) is 5. The molecular weight excluding hydrogens is 535 g/mol. The zero-order valence-corrected chi connectivity index (χ0v) is 29.9. The highest BCUT2D eigenvalue weighted by Gasteiger charge is 2.40. The molecule has 0 aliphatic heterocycles. The van der Waals surface area contributed by atoms with Crippen LogP contribution in [-0.2, 0) is 13.6 Å². The highest BCUT2D eigenvalue weighted by molar-refractivity contribution is 6.74. The van der Waals surface area contributed by atoms with Crippen molar-refractivity contribution in [3.05, 3.63) is 48.1 Å². The molecule has 0 aliphatic carbocycles. The van der Waals surface area contributed by atoms with Crippen LogP contribution in [0.2, 0.25) is 36.3 Å². The Kier molecular flexibility index (Phi) is 15.7. The quantitative estimate of drug-likeness (QED) is 0.106. The fraction of sp³-hybridized carbons (Fsp3) is 0.719. The largest absolute Gasteiger partial charge is 0.443 e. The van der Waals surface area contributed by atoms with E-state index in [9.17, 15) is 9.90 Å². The second kappa shape index (κ2) is 16.3. The fourth-order valence-corrected chi connectivity index (χ4v) is 5.83. The second-order valence-corrected chi connectivity index (χ2v) is 23.8. The summed E-state index contributed by atoms with van der Waals surface area (Å²) in [4.78, 5) is 11.6. The highest BCUT2D eigenvalue weighted by Crippen LogP contribution is 2.38. The molecule has 0 heterocycles. The van der Waals surface area contributed by atoms with E-state index in [1.165, 1.54) is 0 Å². The van der Waals surface area contributed by atoms with Gasteiger partial charge in [-0.05, 0) is 69.4 Å². The van der Waals surface area contributed by atoms with Gasteiger partial charge in [0.05, 0.1) is 12.7 Å². The molecule has 40 heavy (non-hydrogen) atoms. The first kappa shape index (κ1) is 38.5. The Bertz CT molecular complexity index is 894. The van der Waals surface area contributed by atoms with E-state index in [0.717, 1.165) is 11.1 Å².